The standard InChI is InChI=1S/C18H19N3O4S/c1-4-25-16-8-7-13(10-15(16)21(23)24)17(22)20-18(26)19-14-9-11(2)5-6-12(14)3/h5-10H,4H2,1-3H3,(H2,19,20,22,26). The first kappa shape index (κ1) is 19.3. The van der Waals surface area contributed by atoms with Crippen LogP contribution in [0, 0.1) is 24.0 Å². The monoisotopic (exact) mass is 373 g/mol. The zero-order chi connectivity index (χ0) is 19.3. The topological polar surface area (TPSA) is 93.5 Å². The highest BCUT2D eigenvalue weighted by molar-refractivity contribution is 7.80. The molecule has 0 aliphatic rings. The SMILES string of the molecule is CCOc1ccc(C(=O)NC(=S)Nc2cc(C)ccc2C)cc1[N+](=O)[O-]. The van der Waals surface area contributed by atoms with Gasteiger partial charge in [0, 0.05) is 17.3 Å². The molecular formula is C18H19N3O4S. The molecule has 0 radical (unpaired) electrons. The number of aryl methyl sites for hydroxylation is 2. The van der Waals surface area contributed by atoms with E-state index in [1.807, 2.05) is 32.0 Å². The van der Waals surface area contributed by atoms with Crippen molar-refractivity contribution in [1.29, 1.82) is 0 Å². The largest absolute Gasteiger partial charge is 0.487 e. The summed E-state index contributed by atoms with van der Waals surface area (Å²) in [6.45, 7) is 5.88. The van der Waals surface area contributed by atoms with Crippen LogP contribution in [0.15, 0.2) is 36.4 Å². The van der Waals surface area contributed by atoms with E-state index in [2.05, 4.69) is 10.6 Å². The number of hydrogen-bond donors (Lipinski definition) is 2. The number of carbonyl (C=O) groups is 1. The molecule has 2 rings (SSSR count). The van der Waals surface area contributed by atoms with Gasteiger partial charge in [-0.25, -0.2) is 0 Å². The molecule has 1 amide bonds. The lowest BCUT2D eigenvalue weighted by Crippen LogP contribution is -2.34. The van der Waals surface area contributed by atoms with Gasteiger partial charge in [0.15, 0.2) is 10.9 Å². The van der Waals surface area contributed by atoms with Crippen molar-refractivity contribution in [2.45, 2.75) is 20.8 Å². The third-order valence-corrected chi connectivity index (χ3v) is 3.79. The van der Waals surface area contributed by atoms with Gasteiger partial charge >= 0.3 is 5.69 Å². The Bertz CT molecular complexity index is 868. The normalized spacial score (nSPS) is 10.1. The number of benzene rings is 2. The first-order valence-electron chi connectivity index (χ1n) is 7.92. The first-order valence-corrected chi connectivity index (χ1v) is 8.33. The molecule has 0 saturated carbocycles. The van der Waals surface area contributed by atoms with E-state index < -0.39 is 10.8 Å². The molecule has 2 aromatic rings. The molecule has 0 saturated heterocycles. The summed E-state index contributed by atoms with van der Waals surface area (Å²) in [4.78, 5) is 22.9. The maximum atomic E-state index is 12.3. The highest BCUT2D eigenvalue weighted by Crippen LogP contribution is 2.28. The van der Waals surface area contributed by atoms with Crippen molar-refractivity contribution in [3.63, 3.8) is 0 Å². The minimum Gasteiger partial charge on any atom is -0.487 e. The molecule has 26 heavy (non-hydrogen) atoms. The lowest BCUT2D eigenvalue weighted by atomic mass is 10.1. The number of nitro benzene ring substituents is 1. The van der Waals surface area contributed by atoms with Gasteiger partial charge in [0.2, 0.25) is 0 Å². The van der Waals surface area contributed by atoms with Crippen molar-refractivity contribution in [1.82, 2.24) is 5.32 Å². The van der Waals surface area contributed by atoms with Crippen molar-refractivity contribution < 1.29 is 14.5 Å². The van der Waals surface area contributed by atoms with Crippen LogP contribution < -0.4 is 15.4 Å². The Morgan fingerprint density at radius 3 is 2.62 bits per heavy atom. The van der Waals surface area contributed by atoms with Gasteiger partial charge in [-0.3, -0.25) is 20.2 Å². The Kier molecular flexibility index (Phi) is 6.24. The van der Waals surface area contributed by atoms with Crippen molar-refractivity contribution >= 4 is 34.6 Å². The van der Waals surface area contributed by atoms with Gasteiger partial charge in [-0.2, -0.15) is 0 Å². The Morgan fingerprint density at radius 1 is 1.23 bits per heavy atom. The first-order chi connectivity index (χ1) is 12.3. The molecule has 0 heterocycles. The minimum atomic E-state index is -0.589. The number of nitro groups is 1. The van der Waals surface area contributed by atoms with E-state index in [1.54, 1.807) is 6.92 Å². The van der Waals surface area contributed by atoms with Crippen LogP contribution in [0.1, 0.15) is 28.4 Å². The Labute approximate surface area is 156 Å². The molecule has 2 aromatic carbocycles. The average molecular weight is 373 g/mol. The zero-order valence-corrected chi connectivity index (χ0v) is 15.5. The number of anilines is 1. The summed E-state index contributed by atoms with van der Waals surface area (Å²) >= 11 is 5.17. The van der Waals surface area contributed by atoms with E-state index >= 15 is 0 Å². The van der Waals surface area contributed by atoms with Crippen LogP contribution in [0.4, 0.5) is 11.4 Å². The molecule has 0 aliphatic carbocycles. The summed E-state index contributed by atoms with van der Waals surface area (Å²) in [5, 5.41) is 16.8. The van der Waals surface area contributed by atoms with E-state index in [0.29, 0.717) is 0 Å². The van der Waals surface area contributed by atoms with Crippen molar-refractivity contribution in [3.05, 3.63) is 63.2 Å². The number of nitrogens with zero attached hydrogens (tertiary/aromatic N) is 1. The molecule has 7 nitrogen and oxygen atoms in total. The average Bonchev–Trinajstić information content (AvgIpc) is 2.58. The minimum absolute atomic E-state index is 0.111. The molecule has 0 unspecified atom stereocenters. The predicted octanol–water partition coefficient (Wildman–Crippen LogP) is 3.74. The number of thiocarbonyl (C=S) groups is 1. The van der Waals surface area contributed by atoms with Crippen LogP contribution in [0.2, 0.25) is 0 Å². The van der Waals surface area contributed by atoms with Gasteiger partial charge in [0.05, 0.1) is 11.5 Å². The molecule has 0 atom stereocenters. The summed E-state index contributed by atoms with van der Waals surface area (Å²) in [5.41, 5.74) is 2.66. The fourth-order valence-electron chi connectivity index (χ4n) is 2.28. The summed E-state index contributed by atoms with van der Waals surface area (Å²) < 4.78 is 5.21. The van der Waals surface area contributed by atoms with Crippen LogP contribution in [-0.2, 0) is 0 Å². The number of carbonyl (C=O) groups excluding carboxylic acids is 1. The van der Waals surface area contributed by atoms with Crippen LogP contribution in [0.3, 0.4) is 0 Å². The van der Waals surface area contributed by atoms with Gasteiger partial charge < -0.3 is 10.1 Å². The van der Waals surface area contributed by atoms with Crippen molar-refractivity contribution in [2.24, 2.45) is 0 Å². The molecule has 0 aromatic heterocycles. The zero-order valence-electron chi connectivity index (χ0n) is 14.7. The maximum absolute atomic E-state index is 12.3. The summed E-state index contributed by atoms with van der Waals surface area (Å²) in [7, 11) is 0. The number of nitrogens with one attached hydrogen (secondary N) is 2. The fourth-order valence-corrected chi connectivity index (χ4v) is 2.48. The fraction of sp³-hybridized carbons (Fsp3) is 0.222. The lowest BCUT2D eigenvalue weighted by Gasteiger charge is -2.12. The quantitative estimate of drug-likeness (QED) is 0.471. The number of ether oxygens (including phenoxy) is 1. The molecule has 8 heteroatoms. The van der Waals surface area contributed by atoms with Crippen LogP contribution in [0.5, 0.6) is 5.75 Å². The van der Waals surface area contributed by atoms with Crippen molar-refractivity contribution in [3.8, 4) is 5.75 Å². The van der Waals surface area contributed by atoms with E-state index in [4.69, 9.17) is 17.0 Å². The predicted molar refractivity (Wildman–Crippen MR) is 104 cm³/mol. The van der Waals surface area contributed by atoms with E-state index in [9.17, 15) is 14.9 Å². The number of hydrogen-bond acceptors (Lipinski definition) is 5. The third kappa shape index (κ3) is 4.76. The highest BCUT2D eigenvalue weighted by Gasteiger charge is 2.19. The summed E-state index contributed by atoms with van der Waals surface area (Å²) in [6.07, 6.45) is 0. The van der Waals surface area contributed by atoms with Crippen LogP contribution in [-0.4, -0.2) is 22.5 Å². The smallest absolute Gasteiger partial charge is 0.311 e. The Morgan fingerprint density at radius 2 is 1.96 bits per heavy atom. The van der Waals surface area contributed by atoms with E-state index in [0.717, 1.165) is 16.8 Å². The highest BCUT2D eigenvalue weighted by atomic mass is 32.1. The molecule has 0 spiro atoms. The Hall–Kier alpha value is -3.00. The summed E-state index contributed by atoms with van der Waals surface area (Å²) in [6, 6.07) is 9.85. The number of rotatable bonds is 5. The van der Waals surface area contributed by atoms with Gasteiger partial charge in [-0.1, -0.05) is 12.1 Å². The van der Waals surface area contributed by atoms with Gasteiger partial charge in [0.25, 0.3) is 5.91 Å². The van der Waals surface area contributed by atoms with Crippen molar-refractivity contribution in [2.75, 3.05) is 11.9 Å². The maximum Gasteiger partial charge on any atom is 0.311 e. The molecular weight excluding hydrogens is 354 g/mol. The summed E-state index contributed by atoms with van der Waals surface area (Å²) in [5.74, 6) is -0.427. The van der Waals surface area contributed by atoms with Crippen LogP contribution >= 0.6 is 12.2 Å². The van der Waals surface area contributed by atoms with E-state index in [1.165, 1.54) is 18.2 Å². The molecule has 2 N–H and O–H groups in total. The second kappa shape index (κ2) is 8.39. The molecule has 136 valence electrons. The Balaban J connectivity index is 2.14. The second-order valence-electron chi connectivity index (χ2n) is 5.60. The van der Waals surface area contributed by atoms with Gasteiger partial charge in [-0.15, -0.1) is 0 Å². The number of amides is 1. The molecule has 0 bridgehead atoms. The second-order valence-corrected chi connectivity index (χ2v) is 6.01. The molecule has 0 aliphatic heterocycles. The molecule has 0 fully saturated rings. The third-order valence-electron chi connectivity index (χ3n) is 3.59. The van der Waals surface area contributed by atoms with Gasteiger partial charge in [0.1, 0.15) is 0 Å². The van der Waals surface area contributed by atoms with Crippen LogP contribution in [0.25, 0.3) is 0 Å². The van der Waals surface area contributed by atoms with Gasteiger partial charge in [-0.05, 0) is 62.3 Å². The van der Waals surface area contributed by atoms with E-state index in [-0.39, 0.29) is 28.7 Å². The lowest BCUT2D eigenvalue weighted by molar-refractivity contribution is -0.385.